The molecule has 0 bridgehead atoms. The van der Waals surface area contributed by atoms with Crippen molar-refractivity contribution in [1.82, 2.24) is 24.9 Å². The Hall–Kier alpha value is -2.75. The number of nitrogens with zero attached hydrogens (tertiary/aromatic N) is 5. The second kappa shape index (κ2) is 10.9. The van der Waals surface area contributed by atoms with Crippen LogP contribution in [0.15, 0.2) is 29.3 Å². The van der Waals surface area contributed by atoms with E-state index in [1.165, 1.54) is 23.7 Å². The molecule has 1 amide bonds. The number of carbonyl (C=O) groups is 1. The molecule has 1 fully saturated rings. The summed E-state index contributed by atoms with van der Waals surface area (Å²) in [7, 11) is 1.76. The standard InChI is InChI=1S/C20H28FN7OS/c1-3-17-25-20(30-26-17)28-12-10-27(11-13-28)19(22-2)24-9-8-23-18(29)14-15-4-6-16(21)7-5-15/h4-7H,3,8-14H2,1-2H3,(H,22,24)(H,23,29). The van der Waals surface area contributed by atoms with E-state index < -0.39 is 0 Å². The Balaban J connectivity index is 1.36. The van der Waals surface area contributed by atoms with Gasteiger partial charge < -0.3 is 20.4 Å². The molecule has 0 saturated carbocycles. The first-order chi connectivity index (χ1) is 14.6. The van der Waals surface area contributed by atoms with Gasteiger partial charge in [0.2, 0.25) is 11.0 Å². The van der Waals surface area contributed by atoms with E-state index in [9.17, 15) is 9.18 Å². The third kappa shape index (κ3) is 6.12. The van der Waals surface area contributed by atoms with Crippen molar-refractivity contribution in [3.63, 3.8) is 0 Å². The monoisotopic (exact) mass is 433 g/mol. The van der Waals surface area contributed by atoms with E-state index in [1.807, 2.05) is 0 Å². The number of rotatable bonds is 7. The number of carbonyl (C=O) groups excluding carboxylic acids is 1. The maximum atomic E-state index is 12.9. The zero-order valence-corrected chi connectivity index (χ0v) is 18.2. The Morgan fingerprint density at radius 2 is 1.87 bits per heavy atom. The fraction of sp³-hybridized carbons (Fsp3) is 0.500. The summed E-state index contributed by atoms with van der Waals surface area (Å²) < 4.78 is 17.3. The molecule has 162 valence electrons. The van der Waals surface area contributed by atoms with Crippen LogP contribution in [0.4, 0.5) is 9.52 Å². The number of piperazine rings is 1. The number of hydrogen-bond donors (Lipinski definition) is 2. The Labute approximate surface area is 180 Å². The molecule has 2 aromatic rings. The minimum Gasteiger partial charge on any atom is -0.354 e. The summed E-state index contributed by atoms with van der Waals surface area (Å²) in [5.41, 5.74) is 0.789. The summed E-state index contributed by atoms with van der Waals surface area (Å²) in [6.45, 7) is 6.56. The van der Waals surface area contributed by atoms with Gasteiger partial charge in [0.15, 0.2) is 5.96 Å². The predicted octanol–water partition coefficient (Wildman–Crippen LogP) is 1.30. The van der Waals surface area contributed by atoms with Gasteiger partial charge in [0, 0.05) is 64.3 Å². The second-order valence-corrected chi connectivity index (χ2v) is 7.68. The van der Waals surface area contributed by atoms with Gasteiger partial charge >= 0.3 is 0 Å². The zero-order chi connectivity index (χ0) is 21.3. The maximum absolute atomic E-state index is 12.9. The van der Waals surface area contributed by atoms with Crippen LogP contribution in [-0.4, -0.2) is 72.4 Å². The molecule has 1 aliphatic heterocycles. The number of anilines is 1. The summed E-state index contributed by atoms with van der Waals surface area (Å²) in [5.74, 6) is 1.34. The first kappa shape index (κ1) is 21.9. The topological polar surface area (TPSA) is 85.8 Å². The molecule has 1 aromatic heterocycles. The molecule has 0 aliphatic carbocycles. The summed E-state index contributed by atoms with van der Waals surface area (Å²) in [6, 6.07) is 5.97. The van der Waals surface area contributed by atoms with Crippen molar-refractivity contribution in [1.29, 1.82) is 0 Å². The number of aliphatic imine (C=N–C) groups is 1. The number of aryl methyl sites for hydroxylation is 1. The van der Waals surface area contributed by atoms with E-state index in [1.54, 1.807) is 19.2 Å². The highest BCUT2D eigenvalue weighted by molar-refractivity contribution is 7.09. The quantitative estimate of drug-likeness (QED) is 0.389. The van der Waals surface area contributed by atoms with Gasteiger partial charge in [-0.25, -0.2) is 9.37 Å². The van der Waals surface area contributed by atoms with Gasteiger partial charge in [0.1, 0.15) is 11.6 Å². The molecule has 8 nitrogen and oxygen atoms in total. The highest BCUT2D eigenvalue weighted by atomic mass is 32.1. The van der Waals surface area contributed by atoms with E-state index >= 15 is 0 Å². The van der Waals surface area contributed by atoms with Crippen molar-refractivity contribution in [3.8, 4) is 0 Å². The summed E-state index contributed by atoms with van der Waals surface area (Å²) in [6.07, 6.45) is 1.09. The lowest BCUT2D eigenvalue weighted by atomic mass is 10.1. The first-order valence-corrected chi connectivity index (χ1v) is 10.9. The lowest BCUT2D eigenvalue weighted by Gasteiger charge is -2.36. The minimum absolute atomic E-state index is 0.0875. The molecule has 10 heteroatoms. The third-order valence-electron chi connectivity index (χ3n) is 4.84. The van der Waals surface area contributed by atoms with Crippen LogP contribution in [0.1, 0.15) is 18.3 Å². The largest absolute Gasteiger partial charge is 0.354 e. The minimum atomic E-state index is -0.301. The number of guanidine groups is 1. The van der Waals surface area contributed by atoms with Crippen LogP contribution < -0.4 is 15.5 Å². The third-order valence-corrected chi connectivity index (χ3v) is 5.66. The molecule has 1 saturated heterocycles. The lowest BCUT2D eigenvalue weighted by Crippen LogP contribution is -2.53. The van der Waals surface area contributed by atoms with Crippen LogP contribution >= 0.6 is 11.5 Å². The van der Waals surface area contributed by atoms with Crippen LogP contribution in [0.3, 0.4) is 0 Å². The van der Waals surface area contributed by atoms with Crippen molar-refractivity contribution < 1.29 is 9.18 Å². The molecule has 0 radical (unpaired) electrons. The Bertz CT molecular complexity index is 847. The van der Waals surface area contributed by atoms with Gasteiger partial charge in [-0.15, -0.1) is 0 Å². The van der Waals surface area contributed by atoms with E-state index in [2.05, 4.69) is 41.7 Å². The fourth-order valence-corrected chi connectivity index (χ4v) is 3.99. The fourth-order valence-electron chi connectivity index (χ4n) is 3.18. The number of aromatic nitrogens is 2. The van der Waals surface area contributed by atoms with Gasteiger partial charge in [-0.3, -0.25) is 9.79 Å². The molecule has 0 atom stereocenters. The van der Waals surface area contributed by atoms with Crippen LogP contribution in [0.25, 0.3) is 0 Å². The van der Waals surface area contributed by atoms with E-state index in [0.717, 1.165) is 55.1 Å². The SMILES string of the molecule is CCc1nsc(N2CCN(C(=NC)NCCNC(=O)Cc3ccc(F)cc3)CC2)n1. The molecule has 0 spiro atoms. The average Bonchev–Trinajstić information content (AvgIpc) is 3.25. The molecule has 0 unspecified atom stereocenters. The predicted molar refractivity (Wildman–Crippen MR) is 118 cm³/mol. The molecule has 30 heavy (non-hydrogen) atoms. The Morgan fingerprint density at radius 3 is 2.50 bits per heavy atom. The van der Waals surface area contributed by atoms with Crippen LogP contribution in [0.2, 0.25) is 0 Å². The van der Waals surface area contributed by atoms with Gasteiger partial charge in [-0.1, -0.05) is 19.1 Å². The molecule has 2 heterocycles. The summed E-state index contributed by atoms with van der Waals surface area (Å²) in [4.78, 5) is 25.4. The molecule has 1 aromatic carbocycles. The van der Waals surface area contributed by atoms with Crippen molar-refractivity contribution in [2.45, 2.75) is 19.8 Å². The van der Waals surface area contributed by atoms with E-state index in [4.69, 9.17) is 0 Å². The smallest absolute Gasteiger partial charge is 0.224 e. The lowest BCUT2D eigenvalue weighted by molar-refractivity contribution is -0.120. The molecular weight excluding hydrogens is 405 g/mol. The average molecular weight is 434 g/mol. The Morgan fingerprint density at radius 1 is 1.17 bits per heavy atom. The molecule has 3 rings (SSSR count). The van der Waals surface area contributed by atoms with Gasteiger partial charge in [-0.2, -0.15) is 4.37 Å². The first-order valence-electron chi connectivity index (χ1n) is 10.1. The van der Waals surface area contributed by atoms with Crippen molar-refractivity contribution in [3.05, 3.63) is 41.5 Å². The van der Waals surface area contributed by atoms with Gasteiger partial charge in [0.25, 0.3) is 0 Å². The highest BCUT2D eigenvalue weighted by Gasteiger charge is 2.21. The van der Waals surface area contributed by atoms with Crippen LogP contribution in [0, 0.1) is 5.82 Å². The van der Waals surface area contributed by atoms with Crippen molar-refractivity contribution in [2.24, 2.45) is 4.99 Å². The molecule has 1 aliphatic rings. The van der Waals surface area contributed by atoms with Crippen molar-refractivity contribution in [2.75, 3.05) is 51.2 Å². The number of hydrogen-bond acceptors (Lipinski definition) is 6. The van der Waals surface area contributed by atoms with E-state index in [-0.39, 0.29) is 18.1 Å². The summed E-state index contributed by atoms with van der Waals surface area (Å²) in [5, 5.41) is 7.16. The van der Waals surface area contributed by atoms with Gasteiger partial charge in [-0.05, 0) is 17.7 Å². The zero-order valence-electron chi connectivity index (χ0n) is 17.4. The van der Waals surface area contributed by atoms with E-state index in [0.29, 0.717) is 13.1 Å². The highest BCUT2D eigenvalue weighted by Crippen LogP contribution is 2.19. The number of benzene rings is 1. The number of halogens is 1. The normalized spacial score (nSPS) is 14.7. The Kier molecular flexibility index (Phi) is 7.95. The van der Waals surface area contributed by atoms with Gasteiger partial charge in [0.05, 0.1) is 6.42 Å². The van der Waals surface area contributed by atoms with Crippen LogP contribution in [-0.2, 0) is 17.6 Å². The van der Waals surface area contributed by atoms with Crippen LogP contribution in [0.5, 0.6) is 0 Å². The molecular formula is C20H28FN7OS. The van der Waals surface area contributed by atoms with Crippen molar-refractivity contribution >= 4 is 28.5 Å². The molecule has 2 N–H and O–H groups in total. The maximum Gasteiger partial charge on any atom is 0.224 e. The second-order valence-electron chi connectivity index (χ2n) is 6.95. The number of nitrogens with one attached hydrogen (secondary N) is 2. The summed E-state index contributed by atoms with van der Waals surface area (Å²) >= 11 is 1.46. The number of amides is 1.